The lowest BCUT2D eigenvalue weighted by Gasteiger charge is -2.22. The van der Waals surface area contributed by atoms with Crippen molar-refractivity contribution in [2.45, 2.75) is 20.3 Å². The largest absolute Gasteiger partial charge is 0.478 e. The third kappa shape index (κ3) is 5.30. The zero-order valence-corrected chi connectivity index (χ0v) is 21.2. The molecule has 0 aliphatic rings. The van der Waals surface area contributed by atoms with Crippen molar-refractivity contribution in [3.63, 3.8) is 0 Å². The van der Waals surface area contributed by atoms with Crippen LogP contribution in [-0.4, -0.2) is 41.0 Å². The topological polar surface area (TPSA) is 166 Å². The van der Waals surface area contributed by atoms with Gasteiger partial charge in [-0.3, -0.25) is 14.4 Å². The van der Waals surface area contributed by atoms with Gasteiger partial charge in [-0.05, 0) is 36.4 Å². The van der Waals surface area contributed by atoms with Gasteiger partial charge in [-0.15, -0.1) is 0 Å². The second-order valence-electron chi connectivity index (χ2n) is 8.56. The number of carbonyl (C=O) groups is 4. The number of hydrogen-bond acceptors (Lipinski definition) is 7. The summed E-state index contributed by atoms with van der Waals surface area (Å²) in [6, 6.07) is 16.0. The Bertz CT molecular complexity index is 1680. The van der Waals surface area contributed by atoms with Crippen molar-refractivity contribution in [2.75, 3.05) is 22.6 Å². The lowest BCUT2D eigenvalue weighted by atomic mass is 9.98. The average Bonchev–Trinajstić information content (AvgIpc) is 3.34. The van der Waals surface area contributed by atoms with E-state index >= 15 is 0 Å². The van der Waals surface area contributed by atoms with Gasteiger partial charge in [0.1, 0.15) is 0 Å². The number of aromatic nitrogens is 1. The van der Waals surface area contributed by atoms with E-state index in [0.29, 0.717) is 22.5 Å². The molecule has 0 bridgehead atoms. The van der Waals surface area contributed by atoms with Crippen LogP contribution in [0.25, 0.3) is 22.1 Å². The van der Waals surface area contributed by atoms with E-state index in [1.165, 1.54) is 24.0 Å². The molecule has 0 atom stereocenters. The molecule has 0 aliphatic heterocycles. The maximum absolute atomic E-state index is 13.2. The Kier molecular flexibility index (Phi) is 7.39. The minimum atomic E-state index is -1.32. The number of amides is 3. The molecule has 3 aromatic carbocycles. The van der Waals surface area contributed by atoms with Crippen molar-refractivity contribution < 1.29 is 28.8 Å². The SMILES string of the molecule is CCC(=O)N(C)c1cc2c(C(=O)Nc3ccc(C#N)cc3C(=O)O)noc2cc1-c1ccccc1NC(C)=O. The number of para-hydroxylation sites is 1. The molecule has 196 valence electrons. The molecule has 0 fully saturated rings. The fraction of sp³-hybridized carbons (Fsp3) is 0.143. The molecule has 3 N–H and O–H groups in total. The third-order valence-electron chi connectivity index (χ3n) is 6.00. The van der Waals surface area contributed by atoms with Gasteiger partial charge >= 0.3 is 5.97 Å². The van der Waals surface area contributed by atoms with E-state index in [1.807, 2.05) is 6.07 Å². The molecule has 39 heavy (non-hydrogen) atoms. The Hall–Kier alpha value is -5.50. The lowest BCUT2D eigenvalue weighted by molar-refractivity contribution is -0.118. The monoisotopic (exact) mass is 525 g/mol. The molecule has 4 aromatic rings. The van der Waals surface area contributed by atoms with E-state index in [4.69, 9.17) is 9.78 Å². The molecule has 0 spiro atoms. The zero-order chi connectivity index (χ0) is 28.3. The van der Waals surface area contributed by atoms with Gasteiger partial charge in [0.05, 0.1) is 34.0 Å². The van der Waals surface area contributed by atoms with Crippen LogP contribution in [0.4, 0.5) is 17.1 Å². The number of rotatable bonds is 7. The first kappa shape index (κ1) is 26.6. The van der Waals surface area contributed by atoms with Crippen LogP contribution in [0.5, 0.6) is 0 Å². The molecule has 0 saturated heterocycles. The van der Waals surface area contributed by atoms with E-state index in [0.717, 1.165) is 6.07 Å². The number of fused-ring (bicyclic) bond motifs is 1. The third-order valence-corrected chi connectivity index (χ3v) is 6.00. The molecule has 11 heteroatoms. The zero-order valence-electron chi connectivity index (χ0n) is 21.2. The molecule has 0 aliphatic carbocycles. The van der Waals surface area contributed by atoms with Crippen LogP contribution < -0.4 is 15.5 Å². The van der Waals surface area contributed by atoms with Crippen LogP contribution in [0.1, 0.15) is 46.7 Å². The minimum Gasteiger partial charge on any atom is -0.478 e. The number of nitrogens with zero attached hydrogens (tertiary/aromatic N) is 3. The number of carboxylic acid groups (broad SMARTS) is 1. The summed E-state index contributed by atoms with van der Waals surface area (Å²) in [7, 11) is 1.60. The van der Waals surface area contributed by atoms with Crippen LogP contribution in [0.2, 0.25) is 0 Å². The highest BCUT2D eigenvalue weighted by atomic mass is 16.5. The highest BCUT2D eigenvalue weighted by Gasteiger charge is 2.24. The van der Waals surface area contributed by atoms with Crippen molar-refractivity contribution in [2.24, 2.45) is 0 Å². The highest BCUT2D eigenvalue weighted by Crippen LogP contribution is 2.39. The number of carboxylic acids is 1. The van der Waals surface area contributed by atoms with E-state index in [9.17, 15) is 24.3 Å². The van der Waals surface area contributed by atoms with Crippen LogP contribution in [0, 0.1) is 11.3 Å². The molecule has 0 unspecified atom stereocenters. The van der Waals surface area contributed by atoms with Crippen LogP contribution in [0.15, 0.2) is 59.1 Å². The first-order chi connectivity index (χ1) is 18.6. The van der Waals surface area contributed by atoms with E-state index < -0.39 is 11.9 Å². The second-order valence-corrected chi connectivity index (χ2v) is 8.56. The summed E-state index contributed by atoms with van der Waals surface area (Å²) in [5.74, 6) is -2.54. The summed E-state index contributed by atoms with van der Waals surface area (Å²) < 4.78 is 5.47. The molecule has 0 radical (unpaired) electrons. The molecule has 1 heterocycles. The normalized spacial score (nSPS) is 10.5. The summed E-state index contributed by atoms with van der Waals surface area (Å²) in [4.78, 5) is 50.8. The summed E-state index contributed by atoms with van der Waals surface area (Å²) in [5.41, 5.74) is 2.06. The highest BCUT2D eigenvalue weighted by molar-refractivity contribution is 6.14. The van der Waals surface area contributed by atoms with Gasteiger partial charge < -0.3 is 25.2 Å². The first-order valence-electron chi connectivity index (χ1n) is 11.8. The van der Waals surface area contributed by atoms with Crippen molar-refractivity contribution in [1.82, 2.24) is 5.16 Å². The minimum absolute atomic E-state index is 0.0259. The van der Waals surface area contributed by atoms with Crippen LogP contribution in [-0.2, 0) is 9.59 Å². The number of anilines is 3. The van der Waals surface area contributed by atoms with E-state index in [-0.39, 0.29) is 51.7 Å². The standard InChI is InChI=1S/C28H23N5O6/c1-4-25(35)33(3)23-12-20-24(13-18(23)17-7-5-6-8-21(17)30-15(2)34)39-32-26(20)27(36)31-22-10-9-16(14-29)11-19(22)28(37)38/h5-13H,4H2,1-3H3,(H,30,34)(H,31,36)(H,37,38). The lowest BCUT2D eigenvalue weighted by Crippen LogP contribution is -2.25. The maximum Gasteiger partial charge on any atom is 0.337 e. The number of nitriles is 1. The number of hydrogen-bond donors (Lipinski definition) is 3. The number of aromatic carboxylic acids is 1. The van der Waals surface area contributed by atoms with Gasteiger partial charge in [-0.1, -0.05) is 30.3 Å². The van der Waals surface area contributed by atoms with Crippen molar-refractivity contribution in [3.8, 4) is 17.2 Å². The quantitative estimate of drug-likeness (QED) is 0.314. The van der Waals surface area contributed by atoms with Gasteiger partial charge in [0.15, 0.2) is 11.3 Å². The maximum atomic E-state index is 13.2. The molecular weight excluding hydrogens is 502 g/mol. The van der Waals surface area contributed by atoms with Crippen LogP contribution >= 0.6 is 0 Å². The molecule has 4 rings (SSSR count). The molecule has 3 amide bonds. The first-order valence-corrected chi connectivity index (χ1v) is 11.8. The Balaban J connectivity index is 1.85. The average molecular weight is 526 g/mol. The van der Waals surface area contributed by atoms with E-state index in [1.54, 1.807) is 50.4 Å². The number of nitrogens with one attached hydrogen (secondary N) is 2. The Morgan fingerprint density at radius 2 is 1.77 bits per heavy atom. The van der Waals surface area contributed by atoms with Gasteiger partial charge in [-0.2, -0.15) is 5.26 Å². The summed E-state index contributed by atoms with van der Waals surface area (Å²) in [6.45, 7) is 3.11. The van der Waals surface area contributed by atoms with Gasteiger partial charge in [0.25, 0.3) is 5.91 Å². The summed E-state index contributed by atoms with van der Waals surface area (Å²) in [5, 5.41) is 28.1. The molecule has 11 nitrogen and oxygen atoms in total. The Morgan fingerprint density at radius 3 is 2.44 bits per heavy atom. The predicted octanol–water partition coefficient (Wildman–Crippen LogP) is 4.65. The second kappa shape index (κ2) is 10.9. The van der Waals surface area contributed by atoms with Gasteiger partial charge in [-0.25, -0.2) is 4.79 Å². The van der Waals surface area contributed by atoms with Crippen molar-refractivity contribution in [1.29, 1.82) is 5.26 Å². The smallest absolute Gasteiger partial charge is 0.337 e. The van der Waals surface area contributed by atoms with Crippen LogP contribution in [0.3, 0.4) is 0 Å². The molecule has 1 aromatic heterocycles. The number of benzene rings is 3. The van der Waals surface area contributed by atoms with Gasteiger partial charge in [0, 0.05) is 37.2 Å². The van der Waals surface area contributed by atoms with Gasteiger partial charge in [0.2, 0.25) is 11.8 Å². The summed E-state index contributed by atoms with van der Waals surface area (Å²) >= 11 is 0. The molecular formula is C28H23N5O6. The number of carbonyl (C=O) groups excluding carboxylic acids is 3. The Labute approximate surface area is 222 Å². The van der Waals surface area contributed by atoms with Crippen molar-refractivity contribution >= 4 is 51.7 Å². The fourth-order valence-electron chi connectivity index (χ4n) is 4.10. The summed E-state index contributed by atoms with van der Waals surface area (Å²) in [6.07, 6.45) is 0.217. The predicted molar refractivity (Wildman–Crippen MR) is 144 cm³/mol. The Morgan fingerprint density at radius 1 is 1.03 bits per heavy atom. The fourth-order valence-corrected chi connectivity index (χ4v) is 4.10. The molecule has 0 saturated carbocycles. The van der Waals surface area contributed by atoms with Crippen molar-refractivity contribution in [3.05, 3.63) is 71.4 Å². The van der Waals surface area contributed by atoms with E-state index in [2.05, 4.69) is 15.8 Å².